The molecule has 0 radical (unpaired) electrons. The number of fused-ring (bicyclic) bond motifs is 8. The second kappa shape index (κ2) is 12.0. The van der Waals surface area contributed by atoms with Crippen LogP contribution in [0.25, 0.3) is 66.6 Å². The van der Waals surface area contributed by atoms with Crippen molar-refractivity contribution in [2.24, 2.45) is 0 Å². The summed E-state index contributed by atoms with van der Waals surface area (Å²) in [5, 5.41) is 0. The van der Waals surface area contributed by atoms with Crippen molar-refractivity contribution in [2.75, 3.05) is 0 Å². The number of nitrogens with one attached hydrogen (secondary N) is 2. The van der Waals surface area contributed by atoms with E-state index in [1.807, 2.05) is 0 Å². The second-order valence-corrected chi connectivity index (χ2v) is 12.5. The molecule has 2 N–H and O–H groups in total. The quantitative estimate of drug-likeness (QED) is 0.206. The van der Waals surface area contributed by atoms with Crippen LogP contribution in [0.15, 0.2) is 146 Å². The number of hydrogen-bond donors (Lipinski definition) is 2. The Labute approximate surface area is 279 Å². The van der Waals surface area contributed by atoms with E-state index in [1.54, 1.807) is 0 Å². The van der Waals surface area contributed by atoms with Gasteiger partial charge in [0.1, 0.15) is 0 Å². The van der Waals surface area contributed by atoms with Gasteiger partial charge in [-0.05, 0) is 72.2 Å². The van der Waals surface area contributed by atoms with Crippen LogP contribution in [0.3, 0.4) is 0 Å². The lowest BCUT2D eigenvalue weighted by Crippen LogP contribution is -1.89. The molecule has 0 fully saturated rings. The Morgan fingerprint density at radius 3 is 0.750 bits per heavy atom. The van der Waals surface area contributed by atoms with Crippen molar-refractivity contribution in [1.82, 2.24) is 19.9 Å². The fourth-order valence-electron chi connectivity index (χ4n) is 7.45. The van der Waals surface area contributed by atoms with Gasteiger partial charge in [0.2, 0.25) is 0 Å². The minimum atomic E-state index is 0.860. The van der Waals surface area contributed by atoms with Gasteiger partial charge in [-0.3, -0.25) is 9.97 Å². The van der Waals surface area contributed by atoms with Crippen molar-refractivity contribution >= 4 is 22.1 Å². The summed E-state index contributed by atoms with van der Waals surface area (Å²) in [6.07, 6.45) is 3.44. The summed E-state index contributed by atoms with van der Waals surface area (Å²) < 4.78 is 0. The molecule has 2 aliphatic rings. The maximum atomic E-state index is 5.47. The number of aromatic amines is 2. The highest BCUT2D eigenvalue weighted by molar-refractivity contribution is 5.92. The highest BCUT2D eigenvalue weighted by Crippen LogP contribution is 2.38. The van der Waals surface area contributed by atoms with Crippen molar-refractivity contribution in [3.05, 3.63) is 168 Å². The molecule has 0 aliphatic carbocycles. The molecule has 2 aliphatic heterocycles. The maximum absolute atomic E-state index is 5.47. The van der Waals surface area contributed by atoms with Gasteiger partial charge in [0, 0.05) is 44.3 Å². The van der Waals surface area contributed by atoms with Crippen LogP contribution >= 0.6 is 0 Å². The first-order valence-corrected chi connectivity index (χ1v) is 16.8. The Kier molecular flexibility index (Phi) is 7.05. The maximum Gasteiger partial charge on any atom is 0.0510 e. The van der Waals surface area contributed by atoms with Gasteiger partial charge in [-0.2, -0.15) is 0 Å². The zero-order chi connectivity index (χ0) is 31.9. The van der Waals surface area contributed by atoms with Gasteiger partial charge < -0.3 is 9.97 Å². The molecule has 0 unspecified atom stereocenters. The molecular formula is C44H34N4. The average molecular weight is 619 g/mol. The highest BCUT2D eigenvalue weighted by atomic mass is 14.8. The Bertz CT molecular complexity index is 2090. The molecule has 0 saturated carbocycles. The fraction of sp³-hybridized carbons (Fsp3) is 0.0909. The van der Waals surface area contributed by atoms with E-state index in [1.165, 1.54) is 0 Å². The Morgan fingerprint density at radius 1 is 0.292 bits per heavy atom. The molecule has 3 aromatic heterocycles. The second-order valence-electron chi connectivity index (χ2n) is 12.5. The highest BCUT2D eigenvalue weighted by Gasteiger charge is 2.22. The third-order valence-electron chi connectivity index (χ3n) is 9.59. The van der Waals surface area contributed by atoms with Crippen molar-refractivity contribution < 1.29 is 0 Å². The van der Waals surface area contributed by atoms with Gasteiger partial charge in [-0.15, -0.1) is 0 Å². The molecule has 4 nitrogen and oxygen atoms in total. The molecule has 0 amide bonds. The first kappa shape index (κ1) is 28.2. The molecule has 0 saturated heterocycles. The molecule has 48 heavy (non-hydrogen) atoms. The standard InChI is InChI=1S/C44H34N4/c1-5-13-29(14-6-1)41-33-21-23-35(45-33)42(30-15-7-2-8-16-30)37-25-27-39(47-37)44(32-19-11-4-12-20-32)40-28-26-38(48-40)43(31-17-9-3-10-18-31)36-24-22-34(41)46-36/h1-21,23,26,28,45,48H,22,24-25,27H2. The van der Waals surface area contributed by atoms with Gasteiger partial charge >= 0.3 is 0 Å². The number of H-pyrrole nitrogens is 2. The average Bonchev–Trinajstić information content (AvgIpc) is 3.98. The van der Waals surface area contributed by atoms with E-state index < -0.39 is 0 Å². The van der Waals surface area contributed by atoms with Crippen LogP contribution in [0.2, 0.25) is 0 Å². The summed E-state index contributed by atoms with van der Waals surface area (Å²) in [5.74, 6) is 0. The van der Waals surface area contributed by atoms with Crippen LogP contribution in [0, 0.1) is 0 Å². The summed E-state index contributed by atoms with van der Waals surface area (Å²) in [4.78, 5) is 18.7. The summed E-state index contributed by atoms with van der Waals surface area (Å²) in [7, 11) is 0. The molecular weight excluding hydrogens is 585 g/mol. The van der Waals surface area contributed by atoms with Crippen LogP contribution < -0.4 is 0 Å². The smallest absolute Gasteiger partial charge is 0.0510 e. The number of nitrogens with zero attached hydrogens (tertiary/aromatic N) is 2. The van der Waals surface area contributed by atoms with E-state index in [0.717, 1.165) is 115 Å². The zero-order valence-corrected chi connectivity index (χ0v) is 26.6. The third kappa shape index (κ3) is 5.03. The Balaban J connectivity index is 1.47. The van der Waals surface area contributed by atoms with Gasteiger partial charge in [0.05, 0.1) is 22.8 Å². The lowest BCUT2D eigenvalue weighted by atomic mass is 10.0. The molecule has 8 bridgehead atoms. The molecule has 4 aromatic carbocycles. The van der Waals surface area contributed by atoms with E-state index >= 15 is 0 Å². The predicted molar refractivity (Wildman–Crippen MR) is 198 cm³/mol. The zero-order valence-electron chi connectivity index (χ0n) is 26.6. The predicted octanol–water partition coefficient (Wildman–Crippen LogP) is 10.6. The molecule has 230 valence electrons. The van der Waals surface area contributed by atoms with E-state index in [0.29, 0.717) is 0 Å². The molecule has 0 spiro atoms. The van der Waals surface area contributed by atoms with Gasteiger partial charge in [-0.1, -0.05) is 121 Å². The van der Waals surface area contributed by atoms with Gasteiger partial charge in [0.15, 0.2) is 0 Å². The minimum Gasteiger partial charge on any atom is -0.354 e. The summed E-state index contributed by atoms with van der Waals surface area (Å²) in [6.45, 7) is 0. The van der Waals surface area contributed by atoms with Crippen LogP contribution in [-0.4, -0.2) is 19.9 Å². The summed E-state index contributed by atoms with van der Waals surface area (Å²) in [6, 6.07) is 51.6. The number of rotatable bonds is 4. The molecule has 9 rings (SSSR count). The largest absolute Gasteiger partial charge is 0.354 e. The minimum absolute atomic E-state index is 0.860. The number of aryl methyl sites for hydroxylation is 4. The Morgan fingerprint density at radius 2 is 0.521 bits per heavy atom. The lowest BCUT2D eigenvalue weighted by Gasteiger charge is -2.06. The molecule has 7 aromatic rings. The van der Waals surface area contributed by atoms with Gasteiger partial charge in [-0.25, -0.2) is 0 Å². The third-order valence-corrected chi connectivity index (χ3v) is 9.59. The number of aromatic nitrogens is 4. The Hall–Kier alpha value is -6.00. The monoisotopic (exact) mass is 618 g/mol. The van der Waals surface area contributed by atoms with Crippen LogP contribution in [0.5, 0.6) is 0 Å². The van der Waals surface area contributed by atoms with Crippen LogP contribution in [0.4, 0.5) is 0 Å². The summed E-state index contributed by atoms with van der Waals surface area (Å²) in [5.41, 5.74) is 17.9. The summed E-state index contributed by atoms with van der Waals surface area (Å²) >= 11 is 0. The first-order chi connectivity index (χ1) is 23.8. The number of benzene rings is 4. The molecule has 4 heteroatoms. The molecule has 5 heterocycles. The van der Waals surface area contributed by atoms with E-state index in [-0.39, 0.29) is 0 Å². The normalized spacial score (nSPS) is 12.7. The molecule has 0 atom stereocenters. The van der Waals surface area contributed by atoms with Crippen molar-refractivity contribution in [2.45, 2.75) is 25.7 Å². The van der Waals surface area contributed by atoms with E-state index in [9.17, 15) is 0 Å². The van der Waals surface area contributed by atoms with Crippen LogP contribution in [-0.2, 0) is 25.7 Å². The fourth-order valence-corrected chi connectivity index (χ4v) is 7.45. The topological polar surface area (TPSA) is 57.4 Å². The van der Waals surface area contributed by atoms with E-state index in [4.69, 9.17) is 9.97 Å². The van der Waals surface area contributed by atoms with Gasteiger partial charge in [0.25, 0.3) is 0 Å². The number of hydrogen-bond acceptors (Lipinski definition) is 2. The SMILES string of the molecule is c1ccc(-c2c3nc(c(-c4ccccc4)c4ccc([nH]4)c(-c4ccccc4)c4nc(c(-c5ccccc5)c5ccc2[nH]5)CC4)CC3)cc1. The first-order valence-electron chi connectivity index (χ1n) is 16.8. The van der Waals surface area contributed by atoms with Crippen molar-refractivity contribution in [3.63, 3.8) is 0 Å². The van der Waals surface area contributed by atoms with Crippen LogP contribution in [0.1, 0.15) is 22.8 Å². The van der Waals surface area contributed by atoms with Crippen molar-refractivity contribution in [3.8, 4) is 44.5 Å². The lowest BCUT2D eigenvalue weighted by molar-refractivity contribution is 1.03. The van der Waals surface area contributed by atoms with E-state index in [2.05, 4.69) is 156 Å². The van der Waals surface area contributed by atoms with Crippen molar-refractivity contribution in [1.29, 1.82) is 0 Å².